The lowest BCUT2D eigenvalue weighted by Gasteiger charge is -2.26. The number of anilines is 1. The van der Waals surface area contributed by atoms with Crippen molar-refractivity contribution in [2.24, 2.45) is 0 Å². The molecule has 1 aromatic carbocycles. The number of nitrogens with zero attached hydrogens (tertiary/aromatic N) is 2. The molecule has 2 saturated heterocycles. The van der Waals surface area contributed by atoms with Gasteiger partial charge in [0.15, 0.2) is 5.76 Å². The summed E-state index contributed by atoms with van der Waals surface area (Å²) in [5.41, 5.74) is 1.80. The first-order valence-electron chi connectivity index (χ1n) is 10.2. The molecule has 2 aliphatic heterocycles. The third-order valence-electron chi connectivity index (χ3n) is 5.47. The summed E-state index contributed by atoms with van der Waals surface area (Å²) < 4.78 is 32.6. The molecule has 1 aromatic heterocycles. The highest BCUT2D eigenvalue weighted by Gasteiger charge is 2.31. The summed E-state index contributed by atoms with van der Waals surface area (Å²) in [6.45, 7) is 5.59. The van der Waals surface area contributed by atoms with E-state index in [0.717, 1.165) is 49.5 Å². The number of carbonyl (C=O) groups excluding carboxylic acids is 1. The van der Waals surface area contributed by atoms with Gasteiger partial charge in [-0.25, -0.2) is 8.42 Å². The smallest absolute Gasteiger partial charge is 0.291 e. The molecule has 0 unspecified atom stereocenters. The van der Waals surface area contributed by atoms with Crippen molar-refractivity contribution in [3.8, 4) is 0 Å². The average molecular weight is 450 g/mol. The summed E-state index contributed by atoms with van der Waals surface area (Å²) in [4.78, 5) is 15.2. The number of rotatable bonds is 6. The van der Waals surface area contributed by atoms with Crippen LogP contribution in [0.4, 0.5) is 5.69 Å². The van der Waals surface area contributed by atoms with Gasteiger partial charge < -0.3 is 9.73 Å². The van der Waals surface area contributed by atoms with Crippen LogP contribution in [-0.2, 0) is 16.6 Å². The highest BCUT2D eigenvalue weighted by Crippen LogP contribution is 2.27. The molecule has 2 aliphatic rings. The Bertz CT molecular complexity index is 1010. The Labute approximate surface area is 181 Å². The summed E-state index contributed by atoms with van der Waals surface area (Å²) in [5.74, 6) is 2.09. The van der Waals surface area contributed by atoms with Crippen LogP contribution in [-0.4, -0.2) is 61.2 Å². The number of thioether (sulfide) groups is 1. The molecule has 7 nitrogen and oxygen atoms in total. The second-order valence-electron chi connectivity index (χ2n) is 7.69. The number of carbonyl (C=O) groups is 1. The summed E-state index contributed by atoms with van der Waals surface area (Å²) in [6.07, 6.45) is 1.71. The van der Waals surface area contributed by atoms with E-state index in [9.17, 15) is 13.2 Å². The van der Waals surface area contributed by atoms with Crippen LogP contribution in [0.1, 0.15) is 34.7 Å². The van der Waals surface area contributed by atoms with Gasteiger partial charge in [-0.15, -0.1) is 0 Å². The maximum absolute atomic E-state index is 12.8. The Morgan fingerprint density at radius 3 is 2.60 bits per heavy atom. The number of hydrogen-bond acceptors (Lipinski definition) is 6. The maximum Gasteiger partial charge on any atom is 0.291 e. The third kappa shape index (κ3) is 4.74. The van der Waals surface area contributed by atoms with Crippen molar-refractivity contribution >= 4 is 33.4 Å². The van der Waals surface area contributed by atoms with Crippen LogP contribution in [0.5, 0.6) is 0 Å². The molecule has 2 fully saturated rings. The molecule has 1 N–H and O–H groups in total. The van der Waals surface area contributed by atoms with Crippen molar-refractivity contribution in [2.75, 3.05) is 43.0 Å². The quantitative estimate of drug-likeness (QED) is 0.729. The number of nitrogens with one attached hydrogen (secondary N) is 1. The number of furan rings is 1. The normalized spacial score (nSPS) is 18.6. The van der Waals surface area contributed by atoms with Crippen LogP contribution in [0.2, 0.25) is 0 Å². The summed E-state index contributed by atoms with van der Waals surface area (Å²) >= 11 is 1.98. The Balaban J connectivity index is 1.46. The molecule has 0 atom stereocenters. The van der Waals surface area contributed by atoms with Gasteiger partial charge in [-0.2, -0.15) is 16.1 Å². The third-order valence-corrected chi connectivity index (χ3v) is 8.42. The molecule has 0 saturated carbocycles. The van der Waals surface area contributed by atoms with Crippen molar-refractivity contribution in [3.05, 3.63) is 47.4 Å². The van der Waals surface area contributed by atoms with E-state index in [1.165, 1.54) is 10.4 Å². The van der Waals surface area contributed by atoms with Gasteiger partial charge in [-0.05, 0) is 37.5 Å². The first-order valence-corrected chi connectivity index (χ1v) is 12.8. The first kappa shape index (κ1) is 21.4. The molecule has 2 aromatic rings. The topological polar surface area (TPSA) is 82.9 Å². The molecule has 0 aliphatic carbocycles. The van der Waals surface area contributed by atoms with Crippen LogP contribution in [0.3, 0.4) is 0 Å². The highest BCUT2D eigenvalue weighted by molar-refractivity contribution is 7.99. The predicted molar refractivity (Wildman–Crippen MR) is 118 cm³/mol. The lowest BCUT2D eigenvalue weighted by Crippen LogP contribution is -2.31. The first-order chi connectivity index (χ1) is 14.4. The van der Waals surface area contributed by atoms with Gasteiger partial charge in [0.25, 0.3) is 5.91 Å². The van der Waals surface area contributed by atoms with E-state index in [2.05, 4.69) is 16.3 Å². The van der Waals surface area contributed by atoms with Gasteiger partial charge in [0, 0.05) is 56.0 Å². The standard InChI is InChI=1S/C21H27N3O4S2/c1-16-20(30(26,27)24-7-2-3-8-24)14-19(28-16)21(25)22-18-6-4-5-17(13-18)15-23-9-11-29-12-10-23/h4-6,13-14H,2-3,7-12,15H2,1H3,(H,22,25). The number of benzene rings is 1. The van der Waals surface area contributed by atoms with Gasteiger partial charge in [0.1, 0.15) is 10.7 Å². The van der Waals surface area contributed by atoms with E-state index in [1.54, 1.807) is 6.92 Å². The zero-order valence-corrected chi connectivity index (χ0v) is 18.7. The highest BCUT2D eigenvalue weighted by atomic mass is 32.2. The monoisotopic (exact) mass is 449 g/mol. The number of hydrogen-bond donors (Lipinski definition) is 1. The Morgan fingerprint density at radius 2 is 1.87 bits per heavy atom. The summed E-state index contributed by atoms with van der Waals surface area (Å²) in [7, 11) is -3.63. The van der Waals surface area contributed by atoms with Crippen LogP contribution in [0, 0.1) is 6.92 Å². The molecular formula is C21H27N3O4S2. The van der Waals surface area contributed by atoms with Crippen LogP contribution in [0.25, 0.3) is 0 Å². The van der Waals surface area contributed by atoms with E-state index in [-0.39, 0.29) is 16.4 Å². The molecule has 1 amide bonds. The lowest BCUT2D eigenvalue weighted by molar-refractivity contribution is 0.0995. The molecule has 4 rings (SSSR count). The van der Waals surface area contributed by atoms with Gasteiger partial charge in [-0.3, -0.25) is 9.69 Å². The molecule has 0 spiro atoms. The van der Waals surface area contributed by atoms with Gasteiger partial charge in [-0.1, -0.05) is 12.1 Å². The molecule has 3 heterocycles. The second kappa shape index (κ2) is 9.13. The van der Waals surface area contributed by atoms with Crippen molar-refractivity contribution in [2.45, 2.75) is 31.2 Å². The minimum atomic E-state index is -3.63. The molecule has 0 bridgehead atoms. The largest absolute Gasteiger partial charge is 0.455 e. The fourth-order valence-electron chi connectivity index (χ4n) is 3.86. The summed E-state index contributed by atoms with van der Waals surface area (Å²) in [6, 6.07) is 9.09. The predicted octanol–water partition coefficient (Wildman–Crippen LogP) is 3.17. The van der Waals surface area contributed by atoms with E-state index in [1.807, 2.05) is 30.0 Å². The molecular weight excluding hydrogens is 422 g/mol. The Morgan fingerprint density at radius 1 is 1.13 bits per heavy atom. The maximum atomic E-state index is 12.8. The zero-order valence-electron chi connectivity index (χ0n) is 17.1. The van der Waals surface area contributed by atoms with Crippen LogP contribution < -0.4 is 5.32 Å². The minimum Gasteiger partial charge on any atom is -0.455 e. The molecule has 0 radical (unpaired) electrons. The van der Waals surface area contributed by atoms with Crippen molar-refractivity contribution in [1.82, 2.24) is 9.21 Å². The average Bonchev–Trinajstić information content (AvgIpc) is 3.40. The SMILES string of the molecule is Cc1oc(C(=O)Nc2cccc(CN3CCSCC3)c2)cc1S(=O)(=O)N1CCCC1. The van der Waals surface area contributed by atoms with Gasteiger partial charge >= 0.3 is 0 Å². The fourth-order valence-corrected chi connectivity index (χ4v) is 6.52. The zero-order chi connectivity index (χ0) is 21.1. The van der Waals surface area contributed by atoms with Crippen molar-refractivity contribution in [1.29, 1.82) is 0 Å². The number of aryl methyl sites for hydroxylation is 1. The number of sulfonamides is 1. The Kier molecular flexibility index (Phi) is 6.52. The van der Waals surface area contributed by atoms with E-state index < -0.39 is 15.9 Å². The van der Waals surface area contributed by atoms with Crippen LogP contribution in [0.15, 0.2) is 39.6 Å². The van der Waals surface area contributed by atoms with Crippen molar-refractivity contribution in [3.63, 3.8) is 0 Å². The van der Waals surface area contributed by atoms with E-state index >= 15 is 0 Å². The molecule has 162 valence electrons. The lowest BCUT2D eigenvalue weighted by atomic mass is 10.2. The fraction of sp³-hybridized carbons (Fsp3) is 0.476. The second-order valence-corrected chi connectivity index (χ2v) is 10.8. The molecule has 30 heavy (non-hydrogen) atoms. The number of amides is 1. The van der Waals surface area contributed by atoms with Gasteiger partial charge in [0.05, 0.1) is 0 Å². The summed E-state index contributed by atoms with van der Waals surface area (Å²) in [5, 5.41) is 2.83. The minimum absolute atomic E-state index is 0.00345. The van der Waals surface area contributed by atoms with Gasteiger partial charge in [0.2, 0.25) is 10.0 Å². The van der Waals surface area contributed by atoms with Crippen molar-refractivity contribution < 1.29 is 17.6 Å². The van der Waals surface area contributed by atoms with E-state index in [0.29, 0.717) is 18.8 Å². The molecule has 9 heteroatoms. The van der Waals surface area contributed by atoms with E-state index in [4.69, 9.17) is 4.42 Å². The Hall–Kier alpha value is -1.81. The van der Waals surface area contributed by atoms with Crippen LogP contribution >= 0.6 is 11.8 Å².